The molecule has 2 aromatic heterocycles. The lowest BCUT2D eigenvalue weighted by molar-refractivity contribution is -0.699. The molecule has 6 rings (SSSR count). The molecule has 9 N–H and O–H groups in total. The van der Waals surface area contributed by atoms with Gasteiger partial charge in [0.2, 0.25) is 11.9 Å². The first kappa shape index (κ1) is 32.5. The van der Waals surface area contributed by atoms with Gasteiger partial charge in [-0.15, -0.1) is 23.1 Å². The van der Waals surface area contributed by atoms with Crippen molar-refractivity contribution in [3.05, 3.63) is 63.7 Å². The third-order valence-corrected chi connectivity index (χ3v) is 10.1. The fourth-order valence-corrected chi connectivity index (χ4v) is 7.66. The van der Waals surface area contributed by atoms with Crippen LogP contribution in [0, 0.1) is 0 Å². The molecule has 0 bridgehead atoms. The van der Waals surface area contributed by atoms with Gasteiger partial charge in [-0.05, 0) is 36.4 Å². The van der Waals surface area contributed by atoms with Crippen LogP contribution >= 0.6 is 23.1 Å². The summed E-state index contributed by atoms with van der Waals surface area (Å²) in [5.41, 5.74) is 13.4. The summed E-state index contributed by atoms with van der Waals surface area (Å²) < 4.78 is 1.87. The van der Waals surface area contributed by atoms with Crippen molar-refractivity contribution < 1.29 is 49.0 Å². The minimum absolute atomic E-state index is 0.0664. The summed E-state index contributed by atoms with van der Waals surface area (Å²) in [6.07, 6.45) is 3.27. The summed E-state index contributed by atoms with van der Waals surface area (Å²) >= 11 is 2.24. The van der Waals surface area contributed by atoms with E-state index >= 15 is 0 Å². The molecule has 0 saturated carbocycles. The molecule has 2 amide bonds. The van der Waals surface area contributed by atoms with Crippen molar-refractivity contribution in [2.75, 3.05) is 17.2 Å². The largest absolute Gasteiger partial charge is 0.504 e. The number of phenolic OH excluding ortho intramolecular Hbond substituents is 2. The Bertz CT molecular complexity index is 1910. The predicted octanol–water partition coefficient (Wildman–Crippen LogP) is 0.265. The van der Waals surface area contributed by atoms with Gasteiger partial charge in [-0.25, -0.2) is 19.1 Å². The Morgan fingerprint density at radius 3 is 2.62 bits per heavy atom. The number of anilines is 2. The molecule has 0 radical (unpaired) electrons. The van der Waals surface area contributed by atoms with E-state index in [2.05, 4.69) is 20.4 Å². The van der Waals surface area contributed by atoms with Gasteiger partial charge >= 0.3 is 11.9 Å². The quantitative estimate of drug-likeness (QED) is 0.0493. The Morgan fingerprint density at radius 1 is 1.17 bits per heavy atom. The van der Waals surface area contributed by atoms with E-state index in [1.807, 2.05) is 4.57 Å². The number of fused-ring (bicyclic) bond motifs is 2. The van der Waals surface area contributed by atoms with Crippen molar-refractivity contribution in [2.24, 2.45) is 5.16 Å². The molecule has 4 heterocycles. The number of amides is 2. The second-order valence-corrected chi connectivity index (χ2v) is 13.1. The van der Waals surface area contributed by atoms with E-state index < -0.39 is 58.5 Å². The van der Waals surface area contributed by atoms with Crippen molar-refractivity contribution in [3.63, 3.8) is 0 Å². The third-order valence-electron chi connectivity index (χ3n) is 8.08. The minimum Gasteiger partial charge on any atom is -0.504 e. The average molecular weight is 698 g/mol. The maximum absolute atomic E-state index is 13.5. The number of thiazole rings is 1. The summed E-state index contributed by atoms with van der Waals surface area (Å²) in [6, 6.07) is 2.06. The lowest BCUT2D eigenvalue weighted by Gasteiger charge is -2.49. The van der Waals surface area contributed by atoms with Gasteiger partial charge in [0.15, 0.2) is 22.3 Å². The topological polar surface area (TPSA) is 268 Å². The zero-order valence-electron chi connectivity index (χ0n) is 24.9. The third kappa shape index (κ3) is 6.04. The number of nitrogens with one attached hydrogen (secondary N) is 1. The van der Waals surface area contributed by atoms with Gasteiger partial charge in [0.05, 0.1) is 5.56 Å². The van der Waals surface area contributed by atoms with Crippen LogP contribution in [0.1, 0.15) is 41.5 Å². The number of carbonyl (C=O) groups is 4. The number of benzene rings is 1. The minimum atomic E-state index is -1.81. The summed E-state index contributed by atoms with van der Waals surface area (Å²) in [5, 5.41) is 46.3. The number of carbonyl (C=O) groups excluding carboxylic acids is 2. The van der Waals surface area contributed by atoms with E-state index in [4.69, 9.17) is 16.3 Å². The van der Waals surface area contributed by atoms with Crippen LogP contribution in [-0.2, 0) is 43.4 Å². The summed E-state index contributed by atoms with van der Waals surface area (Å²) in [6.45, 7) is 0.195. The van der Waals surface area contributed by atoms with Crippen LogP contribution in [-0.4, -0.2) is 81.9 Å². The number of carboxylic acid groups (broad SMARTS) is 2. The van der Waals surface area contributed by atoms with E-state index in [0.717, 1.165) is 65.3 Å². The Morgan fingerprint density at radius 2 is 1.94 bits per heavy atom. The molecule has 1 aromatic carbocycles. The molecule has 3 aromatic rings. The van der Waals surface area contributed by atoms with E-state index in [0.29, 0.717) is 11.4 Å². The van der Waals surface area contributed by atoms with Crippen molar-refractivity contribution in [1.82, 2.24) is 20.2 Å². The molecular weight excluding hydrogens is 669 g/mol. The van der Waals surface area contributed by atoms with Gasteiger partial charge in [0, 0.05) is 28.7 Å². The number of rotatable bonds is 10. The maximum atomic E-state index is 13.5. The Hall–Kier alpha value is -5.43. The zero-order chi connectivity index (χ0) is 34.3. The molecule has 1 aliphatic carbocycles. The molecule has 1 fully saturated rings. The smallest absolute Gasteiger partial charge is 0.352 e. The number of nitrogens with zero attached hydrogens (tertiary/aromatic N) is 5. The molecule has 3 atom stereocenters. The van der Waals surface area contributed by atoms with Crippen molar-refractivity contribution in [2.45, 2.75) is 49.7 Å². The summed E-state index contributed by atoms with van der Waals surface area (Å²) in [5.74, 6) is -4.83. The highest BCUT2D eigenvalue weighted by Crippen LogP contribution is 2.40. The first-order valence-electron chi connectivity index (χ1n) is 14.5. The lowest BCUT2D eigenvalue weighted by Crippen LogP contribution is -2.71. The second kappa shape index (κ2) is 13.0. The number of carboxylic acids is 2. The molecule has 48 heavy (non-hydrogen) atoms. The summed E-state index contributed by atoms with van der Waals surface area (Å²) in [7, 11) is 0. The van der Waals surface area contributed by atoms with Gasteiger partial charge in [0.1, 0.15) is 35.0 Å². The van der Waals surface area contributed by atoms with Crippen LogP contribution in [0.25, 0.3) is 0 Å². The van der Waals surface area contributed by atoms with E-state index in [-0.39, 0.29) is 34.4 Å². The Labute approximate surface area is 279 Å². The number of hydrogen-bond acceptors (Lipinski definition) is 14. The number of oxime groups is 1. The number of thioether (sulfide) groups is 1. The van der Waals surface area contributed by atoms with Crippen LogP contribution < -0.4 is 21.4 Å². The normalized spacial score (nSPS) is 19.5. The number of β-lactam (4-membered cyclic amide) rings is 1. The zero-order valence-corrected chi connectivity index (χ0v) is 26.5. The van der Waals surface area contributed by atoms with Crippen LogP contribution in [0.3, 0.4) is 0 Å². The maximum Gasteiger partial charge on any atom is 0.352 e. The van der Waals surface area contributed by atoms with Gasteiger partial charge in [-0.2, -0.15) is 0 Å². The molecule has 2 aliphatic heterocycles. The van der Waals surface area contributed by atoms with Crippen molar-refractivity contribution in [3.8, 4) is 11.5 Å². The highest BCUT2D eigenvalue weighted by Gasteiger charge is 2.54. The first-order chi connectivity index (χ1) is 22.9. The standard InChI is InChI=1S/C29H28N8O9S2/c30-23-14-3-1-2-4-16(14)36(11-32-23)8-13-9-47-26-20(25(41)37(26)21(13)27(42)43)34-24(40)19(15-10-48-29(31)33-15)35-46-22(28(44)45)12-5-6-17(38)18(39)7-12/h5-7,10-11,20,22,26,30H,1-4,8-9H2,(H7,31,33,34,35,38,39,40,42,43,44,45)/p+1/t20-,22+,26-/m1/s1. The van der Waals surface area contributed by atoms with Crippen LogP contribution in [0.4, 0.5) is 10.9 Å². The van der Waals surface area contributed by atoms with Crippen molar-refractivity contribution >= 4 is 63.5 Å². The fourth-order valence-electron chi connectivity index (χ4n) is 5.78. The number of aromatic nitrogens is 3. The van der Waals surface area contributed by atoms with E-state index in [1.54, 1.807) is 6.33 Å². The van der Waals surface area contributed by atoms with Gasteiger partial charge in [-0.1, -0.05) is 11.2 Å². The van der Waals surface area contributed by atoms with Gasteiger partial charge in [-0.3, -0.25) is 14.5 Å². The van der Waals surface area contributed by atoms with E-state index in [1.165, 1.54) is 23.2 Å². The van der Waals surface area contributed by atoms with Crippen LogP contribution in [0.2, 0.25) is 0 Å². The number of nitrogen functional groups attached to an aromatic ring is 2. The molecule has 0 unspecified atom stereocenters. The molecular formula is C29H29N8O9S2+. The highest BCUT2D eigenvalue weighted by atomic mass is 32.2. The second-order valence-electron chi connectivity index (χ2n) is 11.1. The Balaban J connectivity index is 1.23. The summed E-state index contributed by atoms with van der Waals surface area (Å²) in [4.78, 5) is 66.1. The van der Waals surface area contributed by atoms with Crippen LogP contribution in [0.15, 0.2) is 46.3 Å². The highest BCUT2D eigenvalue weighted by molar-refractivity contribution is 8.00. The van der Waals surface area contributed by atoms with Gasteiger partial charge in [0.25, 0.3) is 18.1 Å². The predicted molar refractivity (Wildman–Crippen MR) is 169 cm³/mol. The first-order valence-corrected chi connectivity index (χ1v) is 16.4. The van der Waals surface area contributed by atoms with E-state index in [9.17, 15) is 39.6 Å². The average Bonchev–Trinajstić information content (AvgIpc) is 3.49. The molecule has 1 saturated heterocycles. The number of hydrogen-bond donors (Lipinski definition) is 7. The fraction of sp³-hybridized carbons (Fsp3) is 0.310. The SMILES string of the molecule is Nc1nc(/C(=N/O[C@H](C(=O)O)c2ccc(O)c(O)c2)C(=O)N[C@@H]2C(=O)N3C(C(=O)O)=C(C[n+]4cnc(N)c5c4CCCC5)CS[C@H]23)cs1. The molecule has 250 valence electrons. The number of aliphatic carboxylic acids is 2. The van der Waals surface area contributed by atoms with Crippen molar-refractivity contribution in [1.29, 1.82) is 0 Å². The molecule has 17 nitrogen and oxygen atoms in total. The monoisotopic (exact) mass is 697 g/mol. The molecule has 19 heteroatoms. The number of aromatic hydroxyl groups is 2. The van der Waals surface area contributed by atoms with Gasteiger partial charge < -0.3 is 42.0 Å². The number of nitrogens with two attached hydrogens (primary N) is 2. The molecule has 3 aliphatic rings. The number of phenols is 2. The Kier molecular flexibility index (Phi) is 8.80. The molecule has 0 spiro atoms. The lowest BCUT2D eigenvalue weighted by atomic mass is 9.96. The van der Waals surface area contributed by atoms with Crippen LogP contribution in [0.5, 0.6) is 11.5 Å².